The number of H-pyrrole nitrogens is 1. The fourth-order valence-corrected chi connectivity index (χ4v) is 3.58. The van der Waals surface area contributed by atoms with Crippen molar-refractivity contribution in [3.63, 3.8) is 0 Å². The lowest BCUT2D eigenvalue weighted by Crippen LogP contribution is -2.00. The molecule has 0 aliphatic carbocycles. The molecule has 3 nitrogen and oxygen atoms in total. The van der Waals surface area contributed by atoms with Gasteiger partial charge in [0, 0.05) is 15.8 Å². The van der Waals surface area contributed by atoms with Crippen LogP contribution in [0, 0.1) is 18.6 Å². The van der Waals surface area contributed by atoms with Crippen molar-refractivity contribution >= 4 is 23.6 Å². The third-order valence-electron chi connectivity index (χ3n) is 3.72. The van der Waals surface area contributed by atoms with E-state index < -0.39 is 0 Å². The fourth-order valence-electron chi connectivity index (χ4n) is 2.45. The smallest absolute Gasteiger partial charge is 0.200 e. The largest absolute Gasteiger partial charge is 0.268 e. The van der Waals surface area contributed by atoms with Crippen LogP contribution < -0.4 is 0 Å². The number of aryl methyl sites for hydroxylation is 2. The van der Waals surface area contributed by atoms with Crippen molar-refractivity contribution < 1.29 is 0 Å². The molecule has 0 atom stereocenters. The number of nitrogens with zero attached hydrogens (tertiary/aromatic N) is 2. The Kier molecular flexibility index (Phi) is 4.02. The zero-order chi connectivity index (χ0) is 15.9. The SMILES string of the molecule is Cc1ccc(C)c(-n2c(-c3csc(C(C)C)c3)n[nH]c2=S)c1. The maximum absolute atomic E-state index is 5.46. The zero-order valence-electron chi connectivity index (χ0n) is 13.2. The lowest BCUT2D eigenvalue weighted by molar-refractivity contribution is 0.889. The number of thiophene rings is 1. The molecule has 3 rings (SSSR count). The Bertz CT molecular complexity index is 868. The Morgan fingerprint density at radius 2 is 2.00 bits per heavy atom. The molecule has 1 aromatic carbocycles. The number of nitrogens with one attached hydrogen (secondary N) is 1. The van der Waals surface area contributed by atoms with Crippen molar-refractivity contribution in [2.24, 2.45) is 0 Å². The molecule has 114 valence electrons. The van der Waals surface area contributed by atoms with Gasteiger partial charge >= 0.3 is 0 Å². The summed E-state index contributed by atoms with van der Waals surface area (Å²) in [7, 11) is 0. The summed E-state index contributed by atoms with van der Waals surface area (Å²) in [6.07, 6.45) is 0. The molecule has 2 heterocycles. The van der Waals surface area contributed by atoms with Gasteiger partial charge in [0.2, 0.25) is 0 Å². The van der Waals surface area contributed by atoms with Crippen LogP contribution in [0.15, 0.2) is 29.6 Å². The van der Waals surface area contributed by atoms with Crippen LogP contribution in [0.5, 0.6) is 0 Å². The molecule has 5 heteroatoms. The first kappa shape index (κ1) is 15.2. The minimum Gasteiger partial charge on any atom is -0.268 e. The summed E-state index contributed by atoms with van der Waals surface area (Å²) >= 11 is 7.24. The standard InChI is InChI=1S/C17H19N3S2/c1-10(2)15-8-13(9-22-15)16-18-19-17(21)20(16)14-7-11(3)5-6-12(14)4/h5-10H,1-4H3,(H,19,21). The molecule has 0 fully saturated rings. The average molecular weight is 329 g/mol. The number of aromatic nitrogens is 3. The van der Waals surface area contributed by atoms with Gasteiger partial charge in [0.1, 0.15) is 0 Å². The average Bonchev–Trinajstić information content (AvgIpc) is 3.08. The molecule has 2 aromatic heterocycles. The minimum atomic E-state index is 0.523. The van der Waals surface area contributed by atoms with Gasteiger partial charge in [0.15, 0.2) is 10.6 Å². The van der Waals surface area contributed by atoms with E-state index in [4.69, 9.17) is 12.2 Å². The summed E-state index contributed by atoms with van der Waals surface area (Å²) in [6, 6.07) is 8.60. The molecule has 0 saturated heterocycles. The predicted molar refractivity (Wildman–Crippen MR) is 95.6 cm³/mol. The number of aromatic amines is 1. The molecule has 0 bridgehead atoms. The van der Waals surface area contributed by atoms with Crippen molar-refractivity contribution in [2.75, 3.05) is 0 Å². The molecule has 22 heavy (non-hydrogen) atoms. The van der Waals surface area contributed by atoms with Crippen LogP contribution >= 0.6 is 23.6 Å². The van der Waals surface area contributed by atoms with Gasteiger partial charge in [-0.25, -0.2) is 0 Å². The second-order valence-corrected chi connectivity index (χ2v) is 7.20. The summed E-state index contributed by atoms with van der Waals surface area (Å²) in [5.74, 6) is 1.40. The van der Waals surface area contributed by atoms with Gasteiger partial charge in [-0.1, -0.05) is 26.0 Å². The molecular formula is C17H19N3S2. The van der Waals surface area contributed by atoms with Crippen molar-refractivity contribution in [3.8, 4) is 17.1 Å². The zero-order valence-corrected chi connectivity index (χ0v) is 14.8. The first-order valence-corrected chi connectivity index (χ1v) is 8.60. The maximum atomic E-state index is 5.46. The van der Waals surface area contributed by atoms with Crippen molar-refractivity contribution in [1.82, 2.24) is 14.8 Å². The molecule has 0 amide bonds. The van der Waals surface area contributed by atoms with E-state index in [1.54, 1.807) is 11.3 Å². The normalized spacial score (nSPS) is 11.3. The van der Waals surface area contributed by atoms with Gasteiger partial charge in [-0.2, -0.15) is 5.10 Å². The Labute approximate surface area is 139 Å². The van der Waals surface area contributed by atoms with Crippen LogP contribution in [-0.4, -0.2) is 14.8 Å². The number of rotatable bonds is 3. The van der Waals surface area contributed by atoms with E-state index in [0.717, 1.165) is 17.1 Å². The van der Waals surface area contributed by atoms with Crippen LogP contribution in [0.3, 0.4) is 0 Å². The predicted octanol–water partition coefficient (Wildman–Crippen LogP) is 5.40. The Hall–Kier alpha value is -1.72. The molecule has 0 radical (unpaired) electrons. The highest BCUT2D eigenvalue weighted by Gasteiger charge is 2.15. The third-order valence-corrected chi connectivity index (χ3v) is 5.23. The quantitative estimate of drug-likeness (QED) is 0.653. The number of hydrogen-bond acceptors (Lipinski definition) is 3. The molecule has 0 aliphatic rings. The van der Waals surface area contributed by atoms with Gasteiger partial charge in [-0.3, -0.25) is 9.67 Å². The van der Waals surface area contributed by atoms with Crippen molar-refractivity contribution in [2.45, 2.75) is 33.6 Å². The summed E-state index contributed by atoms with van der Waals surface area (Å²) in [5, 5.41) is 9.55. The molecule has 3 aromatic rings. The highest BCUT2D eigenvalue weighted by molar-refractivity contribution is 7.71. The van der Waals surface area contributed by atoms with E-state index in [0.29, 0.717) is 10.7 Å². The second-order valence-electron chi connectivity index (χ2n) is 5.87. The maximum Gasteiger partial charge on any atom is 0.200 e. The molecule has 0 aliphatic heterocycles. The first-order chi connectivity index (χ1) is 10.5. The number of benzene rings is 1. The Balaban J connectivity index is 2.19. The summed E-state index contributed by atoms with van der Waals surface area (Å²) in [5.41, 5.74) is 4.60. The molecule has 0 spiro atoms. The molecule has 0 saturated carbocycles. The van der Waals surface area contributed by atoms with Crippen molar-refractivity contribution in [1.29, 1.82) is 0 Å². The van der Waals surface area contributed by atoms with E-state index >= 15 is 0 Å². The molecule has 0 unspecified atom stereocenters. The van der Waals surface area contributed by atoms with Crippen LogP contribution in [0.2, 0.25) is 0 Å². The highest BCUT2D eigenvalue weighted by Crippen LogP contribution is 2.31. The van der Waals surface area contributed by atoms with Gasteiger partial charge < -0.3 is 0 Å². The lowest BCUT2D eigenvalue weighted by Gasteiger charge is -2.10. The topological polar surface area (TPSA) is 33.6 Å². The van der Waals surface area contributed by atoms with Crippen LogP contribution in [0.1, 0.15) is 35.8 Å². The summed E-state index contributed by atoms with van der Waals surface area (Å²) in [4.78, 5) is 1.36. The molecule has 1 N–H and O–H groups in total. The van der Waals surface area contributed by atoms with E-state index in [1.165, 1.54) is 16.0 Å². The summed E-state index contributed by atoms with van der Waals surface area (Å²) in [6.45, 7) is 8.60. The first-order valence-electron chi connectivity index (χ1n) is 7.31. The van der Waals surface area contributed by atoms with Gasteiger partial charge in [-0.15, -0.1) is 11.3 Å². The fraction of sp³-hybridized carbons (Fsp3) is 0.294. The van der Waals surface area contributed by atoms with E-state index in [-0.39, 0.29) is 0 Å². The van der Waals surface area contributed by atoms with Crippen LogP contribution in [0.4, 0.5) is 0 Å². The summed E-state index contributed by atoms with van der Waals surface area (Å²) < 4.78 is 2.66. The van der Waals surface area contributed by atoms with Crippen LogP contribution in [0.25, 0.3) is 17.1 Å². The monoisotopic (exact) mass is 329 g/mol. The van der Waals surface area contributed by atoms with Crippen LogP contribution in [-0.2, 0) is 0 Å². The highest BCUT2D eigenvalue weighted by atomic mass is 32.1. The Morgan fingerprint density at radius 3 is 2.68 bits per heavy atom. The molecular weight excluding hydrogens is 310 g/mol. The number of hydrogen-bond donors (Lipinski definition) is 1. The lowest BCUT2D eigenvalue weighted by atomic mass is 10.1. The third kappa shape index (κ3) is 2.66. The van der Waals surface area contributed by atoms with Gasteiger partial charge in [0.05, 0.1) is 5.69 Å². The second kappa shape index (κ2) is 5.82. The Morgan fingerprint density at radius 1 is 1.23 bits per heavy atom. The van der Waals surface area contributed by atoms with Gasteiger partial charge in [-0.05, 0) is 55.2 Å². The van der Waals surface area contributed by atoms with Gasteiger partial charge in [0.25, 0.3) is 0 Å². The van der Waals surface area contributed by atoms with E-state index in [1.807, 2.05) is 4.57 Å². The van der Waals surface area contributed by atoms with Crippen molar-refractivity contribution in [3.05, 3.63) is 50.4 Å². The minimum absolute atomic E-state index is 0.523. The van der Waals surface area contributed by atoms with E-state index in [9.17, 15) is 0 Å². The van der Waals surface area contributed by atoms with E-state index in [2.05, 4.69) is 67.5 Å².